The normalized spacial score (nSPS) is 19.6. The third kappa shape index (κ3) is 5.14. The van der Waals surface area contributed by atoms with E-state index < -0.39 is 23.5 Å². The first kappa shape index (κ1) is 28.2. The SMILES string of the molecule is COc1ccc(CN2C(=O)c3c(-c4cnn(C)c4)nc(N[C@@H]4CCCC[C@@H]4NC(=O)O)c(F)c3C2(C)C)c(OC)c1. The smallest absolute Gasteiger partial charge is 0.404 e. The maximum Gasteiger partial charge on any atom is 0.404 e. The Morgan fingerprint density at radius 1 is 1.20 bits per heavy atom. The van der Waals surface area contributed by atoms with Gasteiger partial charge in [-0.3, -0.25) is 9.48 Å². The van der Waals surface area contributed by atoms with Gasteiger partial charge in [0.25, 0.3) is 5.91 Å². The summed E-state index contributed by atoms with van der Waals surface area (Å²) in [5, 5.41) is 19.4. The van der Waals surface area contributed by atoms with E-state index in [4.69, 9.17) is 9.47 Å². The van der Waals surface area contributed by atoms with Crippen molar-refractivity contribution >= 4 is 17.8 Å². The highest BCUT2D eigenvalue weighted by molar-refractivity contribution is 6.05. The van der Waals surface area contributed by atoms with Crippen LogP contribution in [0.1, 0.15) is 61.0 Å². The number of fused-ring (bicyclic) bond motifs is 1. The Labute approximate surface area is 237 Å². The molecule has 41 heavy (non-hydrogen) atoms. The summed E-state index contributed by atoms with van der Waals surface area (Å²) in [4.78, 5) is 31.8. The second kappa shape index (κ2) is 10.9. The lowest BCUT2D eigenvalue weighted by atomic mass is 9.89. The number of rotatable bonds is 8. The van der Waals surface area contributed by atoms with Crippen LogP contribution in [0.3, 0.4) is 0 Å². The summed E-state index contributed by atoms with van der Waals surface area (Å²) in [6.07, 6.45) is 5.22. The summed E-state index contributed by atoms with van der Waals surface area (Å²) in [6, 6.07) is 4.60. The zero-order chi connectivity index (χ0) is 29.5. The molecule has 2 amide bonds. The second-order valence-electron chi connectivity index (χ2n) is 11.0. The van der Waals surface area contributed by atoms with E-state index in [1.807, 2.05) is 19.9 Å². The van der Waals surface area contributed by atoms with Crippen LogP contribution in [0.4, 0.5) is 15.0 Å². The van der Waals surface area contributed by atoms with Crippen LogP contribution in [0.5, 0.6) is 11.5 Å². The van der Waals surface area contributed by atoms with Crippen LogP contribution in [0, 0.1) is 5.82 Å². The average molecular weight is 567 g/mol. The second-order valence-corrected chi connectivity index (χ2v) is 11.0. The van der Waals surface area contributed by atoms with Crippen LogP contribution in [-0.2, 0) is 19.1 Å². The van der Waals surface area contributed by atoms with Crippen molar-refractivity contribution in [2.24, 2.45) is 7.05 Å². The number of benzene rings is 1. The van der Waals surface area contributed by atoms with Gasteiger partial charge in [0, 0.05) is 42.0 Å². The van der Waals surface area contributed by atoms with Crippen molar-refractivity contribution in [1.82, 2.24) is 25.0 Å². The number of anilines is 1. The first-order valence-electron chi connectivity index (χ1n) is 13.6. The minimum Gasteiger partial charge on any atom is -0.497 e. The summed E-state index contributed by atoms with van der Waals surface area (Å²) in [5.41, 5.74) is 0.985. The molecule has 0 radical (unpaired) electrons. The summed E-state index contributed by atoms with van der Waals surface area (Å²) in [6.45, 7) is 3.78. The number of carboxylic acid groups (broad SMARTS) is 1. The molecule has 0 unspecified atom stereocenters. The fourth-order valence-corrected chi connectivity index (χ4v) is 5.95. The molecule has 1 saturated carbocycles. The van der Waals surface area contributed by atoms with Crippen molar-refractivity contribution in [2.45, 2.75) is 63.7 Å². The molecule has 0 saturated heterocycles. The number of hydrogen-bond donors (Lipinski definition) is 3. The first-order chi connectivity index (χ1) is 19.5. The molecule has 2 aromatic heterocycles. The Kier molecular flexibility index (Phi) is 7.50. The van der Waals surface area contributed by atoms with Crippen LogP contribution in [0.2, 0.25) is 0 Å². The molecule has 2 atom stereocenters. The molecule has 1 aliphatic heterocycles. The Balaban J connectivity index is 1.60. The maximum atomic E-state index is 16.5. The van der Waals surface area contributed by atoms with Gasteiger partial charge < -0.3 is 30.1 Å². The molecule has 3 aromatic rings. The highest BCUT2D eigenvalue weighted by atomic mass is 19.1. The van der Waals surface area contributed by atoms with Crippen molar-refractivity contribution in [3.8, 4) is 22.8 Å². The molecule has 11 nitrogen and oxygen atoms in total. The molecule has 218 valence electrons. The van der Waals surface area contributed by atoms with E-state index >= 15 is 4.39 Å². The zero-order valence-corrected chi connectivity index (χ0v) is 23.8. The molecule has 3 N–H and O–H groups in total. The van der Waals surface area contributed by atoms with Gasteiger partial charge >= 0.3 is 6.09 Å². The number of pyridine rings is 1. The highest BCUT2D eigenvalue weighted by Crippen LogP contribution is 2.46. The predicted molar refractivity (Wildman–Crippen MR) is 150 cm³/mol. The zero-order valence-electron chi connectivity index (χ0n) is 23.8. The molecule has 2 aliphatic rings. The standard InChI is InChI=1S/C29H35FN6O5/c1-29(2)23-22(27(37)36(29)15-16-10-11-18(40-4)12-21(16)41-5)25(17-13-31-35(3)14-17)34-26(24(23)30)32-19-8-6-7-9-20(19)33-28(38)39/h10-14,19-20,33H,6-9,15H2,1-5H3,(H,32,34)(H,38,39)/t19-,20+/m1/s1. The number of nitrogens with zero attached hydrogens (tertiary/aromatic N) is 4. The number of nitrogens with one attached hydrogen (secondary N) is 2. The average Bonchev–Trinajstić information content (AvgIpc) is 3.45. The van der Waals surface area contributed by atoms with Gasteiger partial charge in [0.1, 0.15) is 11.5 Å². The number of amides is 2. The van der Waals surface area contributed by atoms with E-state index in [-0.39, 0.29) is 35.4 Å². The molecule has 5 rings (SSSR count). The highest BCUT2D eigenvalue weighted by Gasteiger charge is 2.48. The van der Waals surface area contributed by atoms with Crippen LogP contribution >= 0.6 is 0 Å². The number of ether oxygens (including phenoxy) is 2. The number of aromatic nitrogens is 3. The Bertz CT molecular complexity index is 1490. The molecule has 0 bridgehead atoms. The molecule has 0 spiro atoms. The molecule has 3 heterocycles. The third-order valence-electron chi connectivity index (χ3n) is 8.08. The maximum absolute atomic E-state index is 16.5. The lowest BCUT2D eigenvalue weighted by molar-refractivity contribution is 0.0590. The molecule has 12 heteroatoms. The van der Waals surface area contributed by atoms with E-state index in [9.17, 15) is 14.7 Å². The van der Waals surface area contributed by atoms with Gasteiger partial charge in [0.2, 0.25) is 0 Å². The number of aryl methyl sites for hydroxylation is 1. The molecular formula is C29H35FN6O5. The summed E-state index contributed by atoms with van der Waals surface area (Å²) < 4.78 is 29.0. The lowest BCUT2D eigenvalue weighted by Gasteiger charge is -2.34. The molecule has 1 aromatic carbocycles. The van der Waals surface area contributed by atoms with E-state index in [2.05, 4.69) is 20.7 Å². The van der Waals surface area contributed by atoms with E-state index in [0.717, 1.165) is 18.4 Å². The topological polar surface area (TPSA) is 131 Å². The molecule has 1 aliphatic carbocycles. The van der Waals surface area contributed by atoms with Crippen molar-refractivity contribution in [1.29, 1.82) is 0 Å². The first-order valence-corrected chi connectivity index (χ1v) is 13.6. The predicted octanol–water partition coefficient (Wildman–Crippen LogP) is 4.52. The van der Waals surface area contributed by atoms with Gasteiger partial charge in [-0.05, 0) is 38.8 Å². The fraction of sp³-hybridized carbons (Fsp3) is 0.448. The monoisotopic (exact) mass is 566 g/mol. The molecule has 1 fully saturated rings. The van der Waals surface area contributed by atoms with Gasteiger partial charge in [-0.2, -0.15) is 5.10 Å². The Morgan fingerprint density at radius 3 is 2.56 bits per heavy atom. The van der Waals surface area contributed by atoms with Gasteiger partial charge in [0.15, 0.2) is 11.6 Å². The van der Waals surface area contributed by atoms with Crippen LogP contribution in [0.25, 0.3) is 11.3 Å². The van der Waals surface area contributed by atoms with E-state index in [1.165, 1.54) is 0 Å². The minimum atomic E-state index is -1.13. The van der Waals surface area contributed by atoms with E-state index in [1.54, 1.807) is 55.4 Å². The summed E-state index contributed by atoms with van der Waals surface area (Å²) >= 11 is 0. The number of hydrogen-bond acceptors (Lipinski definition) is 7. The number of carbonyl (C=O) groups is 2. The third-order valence-corrected chi connectivity index (χ3v) is 8.08. The van der Waals surface area contributed by atoms with Gasteiger partial charge in [0.05, 0.1) is 49.8 Å². The summed E-state index contributed by atoms with van der Waals surface area (Å²) in [7, 11) is 4.86. The van der Waals surface area contributed by atoms with Gasteiger partial charge in [-0.25, -0.2) is 14.2 Å². The Hall–Kier alpha value is -4.35. The van der Waals surface area contributed by atoms with Gasteiger partial charge in [-0.1, -0.05) is 12.8 Å². The minimum absolute atomic E-state index is 0.0172. The van der Waals surface area contributed by atoms with Crippen molar-refractivity contribution in [3.63, 3.8) is 0 Å². The van der Waals surface area contributed by atoms with Gasteiger partial charge in [-0.15, -0.1) is 0 Å². The molecular weight excluding hydrogens is 531 g/mol. The lowest BCUT2D eigenvalue weighted by Crippen LogP contribution is -2.48. The fourth-order valence-electron chi connectivity index (χ4n) is 5.95. The van der Waals surface area contributed by atoms with Crippen molar-refractivity contribution in [3.05, 3.63) is 53.1 Å². The number of halogens is 1. The number of carbonyl (C=O) groups excluding carboxylic acids is 1. The van der Waals surface area contributed by atoms with E-state index in [0.29, 0.717) is 35.6 Å². The Morgan fingerprint density at radius 2 is 1.93 bits per heavy atom. The van der Waals surface area contributed by atoms with Crippen molar-refractivity contribution < 1.29 is 28.6 Å². The number of methoxy groups -OCH3 is 2. The van der Waals surface area contributed by atoms with Crippen LogP contribution < -0.4 is 20.1 Å². The van der Waals surface area contributed by atoms with Crippen molar-refractivity contribution in [2.75, 3.05) is 19.5 Å². The quantitative estimate of drug-likeness (QED) is 0.363. The van der Waals surface area contributed by atoms with Crippen LogP contribution in [0.15, 0.2) is 30.6 Å². The largest absolute Gasteiger partial charge is 0.497 e. The summed E-state index contributed by atoms with van der Waals surface area (Å²) in [5.74, 6) is 0.157. The van der Waals surface area contributed by atoms with Crippen LogP contribution in [-0.4, -0.2) is 63.1 Å².